The summed E-state index contributed by atoms with van der Waals surface area (Å²) in [5.41, 5.74) is 4.56. The maximum atomic E-state index is 13.0. The zero-order valence-corrected chi connectivity index (χ0v) is 16.7. The third kappa shape index (κ3) is 5.11. The average Bonchev–Trinajstić information content (AvgIpc) is 2.78. The number of carbonyl (C=O) groups is 2. The molecule has 0 bridgehead atoms. The number of halogens is 1. The fourth-order valence-corrected chi connectivity index (χ4v) is 2.63. The Bertz CT molecular complexity index is 1160. The second-order valence-corrected chi connectivity index (χ2v) is 6.15. The van der Waals surface area contributed by atoms with E-state index in [1.165, 1.54) is 24.3 Å². The molecule has 11 nitrogen and oxygen atoms in total. The lowest BCUT2D eigenvalue weighted by molar-refractivity contribution is -0.383. The first-order chi connectivity index (χ1) is 15.4. The lowest BCUT2D eigenvalue weighted by Gasteiger charge is -2.13. The normalized spacial score (nSPS) is 10.2. The average molecular weight is 440 g/mol. The molecule has 0 fully saturated rings. The highest BCUT2D eigenvalue weighted by Crippen LogP contribution is 2.32. The summed E-state index contributed by atoms with van der Waals surface area (Å²) in [6.07, 6.45) is 1.04. The monoisotopic (exact) mass is 440 g/mol. The number of rotatable bonds is 8. The third-order valence-corrected chi connectivity index (χ3v) is 4.08. The van der Waals surface area contributed by atoms with Crippen molar-refractivity contribution in [3.05, 3.63) is 81.9 Å². The van der Waals surface area contributed by atoms with Crippen LogP contribution in [0.15, 0.2) is 54.9 Å². The molecule has 32 heavy (non-hydrogen) atoms. The Morgan fingerprint density at radius 2 is 1.78 bits per heavy atom. The van der Waals surface area contributed by atoms with Crippen molar-refractivity contribution in [2.24, 2.45) is 0 Å². The second kappa shape index (κ2) is 9.93. The second-order valence-electron chi connectivity index (χ2n) is 6.15. The van der Waals surface area contributed by atoms with Gasteiger partial charge in [-0.1, -0.05) is 12.1 Å². The summed E-state index contributed by atoms with van der Waals surface area (Å²) >= 11 is 0. The van der Waals surface area contributed by atoms with E-state index >= 15 is 0 Å². The summed E-state index contributed by atoms with van der Waals surface area (Å²) in [7, 11) is 0. The number of aromatic nitrogens is 2. The Hall–Kier alpha value is -4.61. The topological polar surface area (TPSA) is 148 Å². The van der Waals surface area contributed by atoms with Gasteiger partial charge in [0.25, 0.3) is 5.91 Å². The molecule has 164 valence electrons. The summed E-state index contributed by atoms with van der Waals surface area (Å²) in [6, 6.07) is 11.0. The number of ether oxygens (including phenoxy) is 1. The van der Waals surface area contributed by atoms with E-state index in [9.17, 15) is 24.1 Å². The maximum Gasteiger partial charge on any atom is 0.355 e. The van der Waals surface area contributed by atoms with Crippen LogP contribution in [0.1, 0.15) is 27.6 Å². The highest BCUT2D eigenvalue weighted by molar-refractivity contribution is 5.97. The number of hydrogen-bond donors (Lipinski definition) is 3. The largest absolute Gasteiger partial charge is 0.462 e. The van der Waals surface area contributed by atoms with Crippen LogP contribution in [0.25, 0.3) is 0 Å². The van der Waals surface area contributed by atoms with Gasteiger partial charge in [-0.05, 0) is 43.3 Å². The molecule has 2 aromatic carbocycles. The first-order valence-electron chi connectivity index (χ1n) is 9.25. The van der Waals surface area contributed by atoms with Crippen molar-refractivity contribution in [3.8, 4) is 0 Å². The standard InChI is InChI=1S/C20H17FN6O5/c1-2-32-20(29)14-5-3-4-6-15(14)24-17-16(27(30)31)18(23-11-22-17)25-26-19(28)12-7-9-13(21)10-8-12/h3-11H,2H2,1H3,(H,26,28)(H2,22,23,24,25). The number of esters is 1. The van der Waals surface area contributed by atoms with Crippen LogP contribution in [-0.2, 0) is 4.74 Å². The van der Waals surface area contributed by atoms with E-state index in [4.69, 9.17) is 4.74 Å². The van der Waals surface area contributed by atoms with E-state index in [-0.39, 0.29) is 35.1 Å². The molecule has 0 aliphatic heterocycles. The van der Waals surface area contributed by atoms with Gasteiger partial charge in [-0.2, -0.15) is 0 Å². The number of hydrazine groups is 1. The van der Waals surface area contributed by atoms with Gasteiger partial charge >= 0.3 is 11.7 Å². The lowest BCUT2D eigenvalue weighted by Crippen LogP contribution is -2.30. The Morgan fingerprint density at radius 3 is 2.47 bits per heavy atom. The number of hydrogen-bond acceptors (Lipinski definition) is 9. The Kier molecular flexibility index (Phi) is 6.85. The molecule has 1 aromatic heterocycles. The van der Waals surface area contributed by atoms with Crippen molar-refractivity contribution >= 4 is 34.9 Å². The number of anilines is 3. The number of nitro groups is 1. The minimum atomic E-state index is -0.748. The van der Waals surface area contributed by atoms with Crippen molar-refractivity contribution in [3.63, 3.8) is 0 Å². The Morgan fingerprint density at radius 1 is 1.09 bits per heavy atom. The minimum Gasteiger partial charge on any atom is -0.462 e. The van der Waals surface area contributed by atoms with Crippen LogP contribution in [0, 0.1) is 15.9 Å². The molecule has 0 spiro atoms. The summed E-state index contributed by atoms with van der Waals surface area (Å²) in [4.78, 5) is 43.0. The molecule has 0 unspecified atom stereocenters. The molecule has 3 N–H and O–H groups in total. The van der Waals surface area contributed by atoms with Crippen molar-refractivity contribution < 1.29 is 23.6 Å². The van der Waals surface area contributed by atoms with Crippen LogP contribution in [-0.4, -0.2) is 33.4 Å². The molecule has 0 saturated heterocycles. The van der Waals surface area contributed by atoms with Gasteiger partial charge in [-0.15, -0.1) is 0 Å². The Balaban J connectivity index is 1.86. The highest BCUT2D eigenvalue weighted by Gasteiger charge is 2.25. The predicted molar refractivity (Wildman–Crippen MR) is 112 cm³/mol. The molecule has 0 radical (unpaired) electrons. The first-order valence-corrected chi connectivity index (χ1v) is 9.25. The van der Waals surface area contributed by atoms with E-state index in [0.29, 0.717) is 0 Å². The van der Waals surface area contributed by atoms with Crippen LogP contribution >= 0.6 is 0 Å². The molecule has 1 heterocycles. The van der Waals surface area contributed by atoms with Gasteiger partial charge in [0.2, 0.25) is 11.6 Å². The van der Waals surface area contributed by atoms with Crippen LogP contribution < -0.4 is 16.2 Å². The molecule has 0 atom stereocenters. The van der Waals surface area contributed by atoms with Crippen molar-refractivity contribution in [1.29, 1.82) is 0 Å². The molecule has 3 rings (SSSR count). The SMILES string of the molecule is CCOC(=O)c1ccccc1Nc1ncnc(NNC(=O)c2ccc(F)cc2)c1[N+](=O)[O-]. The summed E-state index contributed by atoms with van der Waals surface area (Å²) in [5.74, 6) is -2.33. The lowest BCUT2D eigenvalue weighted by atomic mass is 10.2. The van der Waals surface area contributed by atoms with Crippen LogP contribution in [0.4, 0.5) is 27.4 Å². The molecule has 3 aromatic rings. The fourth-order valence-electron chi connectivity index (χ4n) is 2.63. The van der Waals surface area contributed by atoms with Gasteiger partial charge in [-0.3, -0.25) is 25.8 Å². The van der Waals surface area contributed by atoms with Crippen molar-refractivity contribution in [2.45, 2.75) is 6.92 Å². The minimum absolute atomic E-state index is 0.123. The Labute approximate surface area is 180 Å². The van der Waals surface area contributed by atoms with Crippen LogP contribution in [0.5, 0.6) is 0 Å². The smallest absolute Gasteiger partial charge is 0.355 e. The van der Waals surface area contributed by atoms with Crippen LogP contribution in [0.3, 0.4) is 0 Å². The van der Waals surface area contributed by atoms with Gasteiger partial charge in [0.05, 0.1) is 22.8 Å². The zero-order chi connectivity index (χ0) is 23.1. The van der Waals surface area contributed by atoms with Gasteiger partial charge in [0.1, 0.15) is 12.1 Å². The van der Waals surface area contributed by atoms with Gasteiger partial charge in [0.15, 0.2) is 0 Å². The van der Waals surface area contributed by atoms with E-state index in [1.54, 1.807) is 19.1 Å². The van der Waals surface area contributed by atoms with Gasteiger partial charge in [0, 0.05) is 5.56 Å². The molecule has 0 aliphatic rings. The molecule has 12 heteroatoms. The summed E-state index contributed by atoms with van der Waals surface area (Å²) < 4.78 is 18.0. The number of amides is 1. The molecule has 0 aliphatic carbocycles. The summed E-state index contributed by atoms with van der Waals surface area (Å²) in [5, 5.41) is 14.4. The fraction of sp³-hybridized carbons (Fsp3) is 0.100. The van der Waals surface area contributed by atoms with E-state index in [2.05, 4.69) is 26.1 Å². The number of carbonyl (C=O) groups excluding carboxylic acids is 2. The maximum absolute atomic E-state index is 13.0. The molecular weight excluding hydrogens is 423 g/mol. The van der Waals surface area contributed by atoms with E-state index in [0.717, 1.165) is 18.5 Å². The number of nitrogens with one attached hydrogen (secondary N) is 3. The van der Waals surface area contributed by atoms with E-state index in [1.807, 2.05) is 0 Å². The zero-order valence-electron chi connectivity index (χ0n) is 16.7. The molecule has 0 saturated carbocycles. The van der Waals surface area contributed by atoms with Gasteiger partial charge < -0.3 is 10.1 Å². The first kappa shape index (κ1) is 22.1. The number of para-hydroxylation sites is 1. The van der Waals surface area contributed by atoms with Crippen molar-refractivity contribution in [2.75, 3.05) is 17.3 Å². The summed E-state index contributed by atoms with van der Waals surface area (Å²) in [6.45, 7) is 1.81. The third-order valence-electron chi connectivity index (χ3n) is 4.08. The van der Waals surface area contributed by atoms with E-state index < -0.39 is 28.3 Å². The molecular formula is C20H17FN6O5. The molecule has 1 amide bonds. The quantitative estimate of drug-likeness (QED) is 0.273. The predicted octanol–water partition coefficient (Wildman–Crippen LogP) is 3.20. The van der Waals surface area contributed by atoms with Gasteiger partial charge in [-0.25, -0.2) is 19.2 Å². The van der Waals surface area contributed by atoms with Crippen molar-refractivity contribution in [1.82, 2.24) is 15.4 Å². The highest BCUT2D eigenvalue weighted by atomic mass is 19.1. The number of benzene rings is 2. The number of nitrogens with zero attached hydrogens (tertiary/aromatic N) is 3. The van der Waals surface area contributed by atoms with Crippen LogP contribution in [0.2, 0.25) is 0 Å².